The van der Waals surface area contributed by atoms with Crippen LogP contribution in [0.2, 0.25) is 0 Å². The van der Waals surface area contributed by atoms with E-state index in [0.717, 1.165) is 0 Å². The number of benzene rings is 5. The summed E-state index contributed by atoms with van der Waals surface area (Å²) in [7, 11) is 0. The molecule has 138 valence electrons. The van der Waals surface area contributed by atoms with Gasteiger partial charge in [-0.3, -0.25) is 0 Å². The number of aryl methyl sites for hydroxylation is 4. The Balaban J connectivity index is 0.000000143. The molecular weight excluding hydrogens is 336 g/mol. The summed E-state index contributed by atoms with van der Waals surface area (Å²) in [6.07, 6.45) is 0. The van der Waals surface area contributed by atoms with Gasteiger partial charge in [0.25, 0.3) is 0 Å². The first kappa shape index (κ1) is 18.3. The third-order valence-corrected chi connectivity index (χ3v) is 5.84. The Morgan fingerprint density at radius 2 is 0.786 bits per heavy atom. The lowest BCUT2D eigenvalue weighted by Crippen LogP contribution is -1.87. The average molecular weight is 363 g/mol. The molecule has 0 bridgehead atoms. The van der Waals surface area contributed by atoms with E-state index < -0.39 is 0 Å². The lowest BCUT2D eigenvalue weighted by Gasteiger charge is -2.11. The van der Waals surface area contributed by atoms with Gasteiger partial charge in [-0.1, -0.05) is 84.9 Å². The molecule has 0 N–H and O–H groups in total. The molecule has 0 unspecified atom stereocenters. The Hall–Kier alpha value is -3.12. The van der Waals surface area contributed by atoms with Crippen LogP contribution in [0.1, 0.15) is 22.3 Å². The van der Waals surface area contributed by atoms with Gasteiger partial charge in [0.15, 0.2) is 0 Å². The summed E-state index contributed by atoms with van der Waals surface area (Å²) in [5.74, 6) is 0. The number of hydrogen-bond acceptors (Lipinski definition) is 0. The molecule has 0 nitrogen and oxygen atoms in total. The molecule has 5 aromatic rings. The molecule has 0 aliphatic heterocycles. The third-order valence-electron chi connectivity index (χ3n) is 5.84. The van der Waals surface area contributed by atoms with Crippen LogP contribution < -0.4 is 0 Å². The van der Waals surface area contributed by atoms with Crippen LogP contribution in [-0.2, 0) is 0 Å². The SMILES string of the molecule is Cc1c(C)c2ccccc2c2ccccc12.Cc1cccc2cccc(C)c12. The first-order valence-corrected chi connectivity index (χ1v) is 9.89. The average Bonchev–Trinajstić information content (AvgIpc) is 2.73. The Kier molecular flexibility index (Phi) is 4.88. The summed E-state index contributed by atoms with van der Waals surface area (Å²) in [5.41, 5.74) is 5.53. The summed E-state index contributed by atoms with van der Waals surface area (Å²) in [6.45, 7) is 8.75. The molecule has 0 aromatic heterocycles. The molecule has 5 rings (SSSR count). The standard InChI is InChI=1S/C16H14.C12H12/c1-11-12(2)14-8-4-6-10-16(14)15-9-5-3-7-13(11)15;1-9-5-3-7-11-8-4-6-10(2)12(9)11/h3-10H,1-2H3;3-8H,1-2H3. The Morgan fingerprint density at radius 3 is 1.18 bits per heavy atom. The lowest BCUT2D eigenvalue weighted by molar-refractivity contribution is 1.41. The maximum Gasteiger partial charge on any atom is -0.0103 e. The predicted molar refractivity (Wildman–Crippen MR) is 124 cm³/mol. The van der Waals surface area contributed by atoms with E-state index in [0.29, 0.717) is 0 Å². The van der Waals surface area contributed by atoms with Crippen molar-refractivity contribution in [3.8, 4) is 0 Å². The van der Waals surface area contributed by atoms with Crippen LogP contribution in [0.15, 0.2) is 84.9 Å². The van der Waals surface area contributed by atoms with Crippen LogP contribution in [0, 0.1) is 27.7 Å². The van der Waals surface area contributed by atoms with Gasteiger partial charge in [-0.05, 0) is 82.3 Å². The van der Waals surface area contributed by atoms with Crippen molar-refractivity contribution in [2.75, 3.05) is 0 Å². The summed E-state index contributed by atoms with van der Waals surface area (Å²) in [4.78, 5) is 0. The zero-order valence-electron chi connectivity index (χ0n) is 17.1. The van der Waals surface area contributed by atoms with Gasteiger partial charge in [0.05, 0.1) is 0 Å². The fraction of sp³-hybridized carbons (Fsp3) is 0.143. The predicted octanol–water partition coefficient (Wildman–Crippen LogP) is 8.07. The van der Waals surface area contributed by atoms with E-state index in [2.05, 4.69) is 113 Å². The molecule has 0 aliphatic carbocycles. The van der Waals surface area contributed by atoms with Crippen molar-refractivity contribution in [1.82, 2.24) is 0 Å². The molecule has 0 saturated heterocycles. The zero-order valence-corrected chi connectivity index (χ0v) is 17.1. The highest BCUT2D eigenvalue weighted by molar-refractivity contribution is 6.10. The highest BCUT2D eigenvalue weighted by Crippen LogP contribution is 2.31. The van der Waals surface area contributed by atoms with Gasteiger partial charge in [0.1, 0.15) is 0 Å². The third kappa shape index (κ3) is 3.16. The molecule has 0 spiro atoms. The van der Waals surface area contributed by atoms with Crippen LogP contribution >= 0.6 is 0 Å². The minimum Gasteiger partial charge on any atom is -0.0616 e. The van der Waals surface area contributed by atoms with E-state index in [-0.39, 0.29) is 0 Å². The minimum absolute atomic E-state index is 1.34. The van der Waals surface area contributed by atoms with Crippen LogP contribution in [-0.4, -0.2) is 0 Å². The second-order valence-corrected chi connectivity index (χ2v) is 7.59. The van der Waals surface area contributed by atoms with Gasteiger partial charge < -0.3 is 0 Å². The van der Waals surface area contributed by atoms with Gasteiger partial charge in [-0.25, -0.2) is 0 Å². The highest BCUT2D eigenvalue weighted by Gasteiger charge is 2.06. The molecule has 0 fully saturated rings. The molecule has 0 saturated carbocycles. The summed E-state index contributed by atoms with van der Waals surface area (Å²) < 4.78 is 0. The molecule has 0 heteroatoms. The van der Waals surface area contributed by atoms with Crippen molar-refractivity contribution in [2.45, 2.75) is 27.7 Å². The van der Waals surface area contributed by atoms with Crippen molar-refractivity contribution in [2.24, 2.45) is 0 Å². The van der Waals surface area contributed by atoms with Gasteiger partial charge >= 0.3 is 0 Å². The van der Waals surface area contributed by atoms with Gasteiger partial charge in [0, 0.05) is 0 Å². The van der Waals surface area contributed by atoms with Crippen LogP contribution in [0.4, 0.5) is 0 Å². The molecule has 5 aromatic carbocycles. The fourth-order valence-corrected chi connectivity index (χ4v) is 4.24. The van der Waals surface area contributed by atoms with E-state index in [4.69, 9.17) is 0 Å². The topological polar surface area (TPSA) is 0 Å². The minimum atomic E-state index is 1.34. The first-order valence-electron chi connectivity index (χ1n) is 9.89. The van der Waals surface area contributed by atoms with Gasteiger partial charge in [-0.15, -0.1) is 0 Å². The second-order valence-electron chi connectivity index (χ2n) is 7.59. The monoisotopic (exact) mass is 362 g/mol. The molecule has 0 radical (unpaired) electrons. The van der Waals surface area contributed by atoms with E-state index in [1.807, 2.05) is 0 Å². The first-order chi connectivity index (χ1) is 13.6. The van der Waals surface area contributed by atoms with E-state index >= 15 is 0 Å². The Morgan fingerprint density at radius 1 is 0.393 bits per heavy atom. The Bertz CT molecular complexity index is 1190. The van der Waals surface area contributed by atoms with E-state index in [1.54, 1.807) is 0 Å². The molecule has 0 heterocycles. The quantitative estimate of drug-likeness (QED) is 0.244. The lowest BCUT2D eigenvalue weighted by atomic mass is 9.93. The summed E-state index contributed by atoms with van der Waals surface area (Å²) in [5, 5.41) is 8.22. The molecule has 0 aliphatic rings. The Labute approximate surface area is 167 Å². The maximum absolute atomic E-state index is 2.21. The largest absolute Gasteiger partial charge is 0.0616 e. The molecular formula is C28H26. The smallest absolute Gasteiger partial charge is 0.0103 e. The number of hydrogen-bond donors (Lipinski definition) is 0. The van der Waals surface area contributed by atoms with Crippen molar-refractivity contribution < 1.29 is 0 Å². The summed E-state index contributed by atoms with van der Waals surface area (Å²) in [6, 6.07) is 30.2. The van der Waals surface area contributed by atoms with Crippen LogP contribution in [0.3, 0.4) is 0 Å². The van der Waals surface area contributed by atoms with Crippen molar-refractivity contribution >= 4 is 32.3 Å². The van der Waals surface area contributed by atoms with Crippen molar-refractivity contribution in [3.05, 3.63) is 107 Å². The van der Waals surface area contributed by atoms with E-state index in [1.165, 1.54) is 54.6 Å². The highest BCUT2D eigenvalue weighted by atomic mass is 14.1. The van der Waals surface area contributed by atoms with Gasteiger partial charge in [0.2, 0.25) is 0 Å². The van der Waals surface area contributed by atoms with Gasteiger partial charge in [-0.2, -0.15) is 0 Å². The summed E-state index contributed by atoms with van der Waals surface area (Å²) >= 11 is 0. The van der Waals surface area contributed by atoms with Crippen molar-refractivity contribution in [1.29, 1.82) is 0 Å². The molecule has 28 heavy (non-hydrogen) atoms. The fourth-order valence-electron chi connectivity index (χ4n) is 4.24. The number of fused-ring (bicyclic) bond motifs is 4. The normalized spacial score (nSPS) is 10.9. The second kappa shape index (κ2) is 7.48. The van der Waals surface area contributed by atoms with Crippen LogP contribution in [0.5, 0.6) is 0 Å². The maximum atomic E-state index is 2.21. The van der Waals surface area contributed by atoms with Crippen molar-refractivity contribution in [3.63, 3.8) is 0 Å². The molecule has 0 amide bonds. The number of rotatable bonds is 0. The zero-order chi connectivity index (χ0) is 19.7. The van der Waals surface area contributed by atoms with E-state index in [9.17, 15) is 0 Å². The molecule has 0 atom stereocenters. The van der Waals surface area contributed by atoms with Crippen LogP contribution in [0.25, 0.3) is 32.3 Å².